The number of aromatic nitrogens is 3. The number of primary amides is 1. The summed E-state index contributed by atoms with van der Waals surface area (Å²) in [6.07, 6.45) is 6.21. The maximum atomic E-state index is 12.4. The number of rotatable bonds is 6. The Labute approximate surface area is 189 Å². The maximum absolute atomic E-state index is 12.4. The highest BCUT2D eigenvalue weighted by Crippen LogP contribution is 2.43. The van der Waals surface area contributed by atoms with E-state index >= 15 is 0 Å². The van der Waals surface area contributed by atoms with Gasteiger partial charge in [-0.2, -0.15) is 0 Å². The van der Waals surface area contributed by atoms with Gasteiger partial charge in [0, 0.05) is 39.8 Å². The zero-order valence-corrected chi connectivity index (χ0v) is 18.9. The number of hydrogen-bond donors (Lipinski definition) is 2. The zero-order valence-electron chi connectivity index (χ0n) is 17.4. The van der Waals surface area contributed by atoms with Crippen LogP contribution in [0.25, 0.3) is 16.6 Å². The van der Waals surface area contributed by atoms with Crippen molar-refractivity contribution in [3.63, 3.8) is 0 Å². The molecule has 6 nitrogen and oxygen atoms in total. The van der Waals surface area contributed by atoms with Gasteiger partial charge in [0.25, 0.3) is 0 Å². The monoisotopic (exact) mass is 456 g/mol. The number of benzene rings is 2. The number of aryl methyl sites for hydroxylation is 1. The van der Waals surface area contributed by atoms with Gasteiger partial charge in [0.2, 0.25) is 5.91 Å². The van der Waals surface area contributed by atoms with Crippen LogP contribution in [0.1, 0.15) is 46.4 Å². The van der Waals surface area contributed by atoms with E-state index < -0.39 is 5.91 Å². The third-order valence-electron chi connectivity index (χ3n) is 5.50. The predicted octanol–water partition coefficient (Wildman–Crippen LogP) is 5.62. The number of carbonyl (C=O) groups is 1. The second-order valence-corrected chi connectivity index (χ2v) is 8.22. The Bertz CT molecular complexity index is 1290. The fourth-order valence-corrected chi connectivity index (χ4v) is 4.71. The average molecular weight is 457 g/mol. The summed E-state index contributed by atoms with van der Waals surface area (Å²) in [4.78, 5) is 20.0. The summed E-state index contributed by atoms with van der Waals surface area (Å²) in [5.74, 6) is -0.135. The Morgan fingerprint density at radius 3 is 2.71 bits per heavy atom. The highest BCUT2D eigenvalue weighted by atomic mass is 35.5. The molecule has 0 aliphatic carbocycles. The molecule has 8 heteroatoms. The molecule has 0 spiro atoms. The van der Waals surface area contributed by atoms with Gasteiger partial charge >= 0.3 is 0 Å². The Balaban J connectivity index is 2.02. The van der Waals surface area contributed by atoms with Crippen LogP contribution in [-0.2, 0) is 0 Å². The number of methoxy groups -OCH3 is 1. The Morgan fingerprint density at radius 1 is 1.32 bits per heavy atom. The number of nitrogens with one attached hydrogen (secondary N) is 1. The van der Waals surface area contributed by atoms with Crippen molar-refractivity contribution < 1.29 is 9.53 Å². The van der Waals surface area contributed by atoms with Crippen molar-refractivity contribution in [3.8, 4) is 11.4 Å². The molecule has 0 bridgehead atoms. The van der Waals surface area contributed by atoms with Gasteiger partial charge < -0.3 is 20.0 Å². The number of H-pyrrole nitrogens is 1. The fraction of sp³-hybridized carbons (Fsp3) is 0.217. The lowest BCUT2D eigenvalue weighted by atomic mass is 9.84. The smallest absolute Gasteiger partial charge is 0.249 e. The van der Waals surface area contributed by atoms with E-state index in [9.17, 15) is 4.79 Å². The van der Waals surface area contributed by atoms with Crippen LogP contribution in [0.3, 0.4) is 0 Å². The number of imidazole rings is 1. The van der Waals surface area contributed by atoms with Crippen molar-refractivity contribution in [3.05, 3.63) is 75.4 Å². The van der Waals surface area contributed by atoms with Gasteiger partial charge in [-0.15, -0.1) is 0 Å². The Morgan fingerprint density at radius 2 is 2.10 bits per heavy atom. The van der Waals surface area contributed by atoms with Crippen molar-refractivity contribution in [1.82, 2.24) is 14.5 Å². The van der Waals surface area contributed by atoms with Crippen LogP contribution in [0.15, 0.2) is 43.0 Å². The molecule has 2 heterocycles. The molecule has 31 heavy (non-hydrogen) atoms. The van der Waals surface area contributed by atoms with E-state index in [-0.39, 0.29) is 5.92 Å². The molecule has 4 aromatic rings. The second-order valence-electron chi connectivity index (χ2n) is 7.38. The number of aromatic amines is 1. The number of nitrogens with zero attached hydrogens (tertiary/aromatic N) is 2. The van der Waals surface area contributed by atoms with E-state index in [2.05, 4.69) is 9.97 Å². The highest BCUT2D eigenvalue weighted by Gasteiger charge is 2.28. The number of ether oxygens (including phenoxy) is 1. The summed E-state index contributed by atoms with van der Waals surface area (Å²) in [7, 11) is 1.59. The highest BCUT2D eigenvalue weighted by molar-refractivity contribution is 6.38. The molecule has 0 saturated carbocycles. The molecule has 1 amide bonds. The summed E-state index contributed by atoms with van der Waals surface area (Å²) in [6, 6.07) is 7.13. The minimum atomic E-state index is -0.518. The van der Waals surface area contributed by atoms with E-state index in [1.807, 2.05) is 42.9 Å². The molecular weight excluding hydrogens is 435 g/mol. The molecule has 0 aliphatic rings. The van der Waals surface area contributed by atoms with Crippen molar-refractivity contribution in [2.75, 3.05) is 7.11 Å². The third kappa shape index (κ3) is 3.66. The predicted molar refractivity (Wildman–Crippen MR) is 124 cm³/mol. The molecule has 0 radical (unpaired) electrons. The normalized spacial score (nSPS) is 12.3. The largest absolute Gasteiger partial charge is 0.494 e. The minimum Gasteiger partial charge on any atom is -0.494 e. The summed E-state index contributed by atoms with van der Waals surface area (Å²) in [6.45, 7) is 3.96. The van der Waals surface area contributed by atoms with E-state index in [1.165, 1.54) is 0 Å². The van der Waals surface area contributed by atoms with Crippen LogP contribution in [0.2, 0.25) is 10.0 Å². The van der Waals surface area contributed by atoms with Gasteiger partial charge in [-0.3, -0.25) is 4.79 Å². The van der Waals surface area contributed by atoms with Crippen LogP contribution < -0.4 is 10.5 Å². The lowest BCUT2D eigenvalue weighted by Crippen LogP contribution is -2.18. The topological polar surface area (TPSA) is 85.9 Å². The number of carbonyl (C=O) groups excluding carboxylic acids is 1. The van der Waals surface area contributed by atoms with Crippen molar-refractivity contribution in [1.29, 1.82) is 0 Å². The zero-order chi connectivity index (χ0) is 22.3. The van der Waals surface area contributed by atoms with Crippen LogP contribution in [-0.4, -0.2) is 27.6 Å². The van der Waals surface area contributed by atoms with E-state index in [1.54, 1.807) is 25.6 Å². The number of fused-ring (bicyclic) bond motifs is 1. The fourth-order valence-electron chi connectivity index (χ4n) is 4.16. The maximum Gasteiger partial charge on any atom is 0.249 e. The molecule has 2 aromatic heterocycles. The number of nitrogens with two attached hydrogens (primary N) is 1. The SMILES string of the molecule is CCC(c1c(C(N)=O)ccc(-n2cnc(C)c2)c1OC)c1c[nH]c2c(Cl)cc(Cl)cc12. The van der Waals surface area contributed by atoms with Gasteiger partial charge in [-0.05, 0) is 43.2 Å². The second kappa shape index (κ2) is 8.29. The Hall–Kier alpha value is -2.96. The van der Waals surface area contributed by atoms with Crippen molar-refractivity contribution in [2.45, 2.75) is 26.2 Å². The number of amides is 1. The minimum absolute atomic E-state index is 0.190. The van der Waals surface area contributed by atoms with E-state index in [4.69, 9.17) is 33.7 Å². The quantitative estimate of drug-likeness (QED) is 0.394. The molecule has 2 aromatic carbocycles. The third-order valence-corrected chi connectivity index (χ3v) is 6.02. The summed E-state index contributed by atoms with van der Waals surface area (Å²) >= 11 is 12.7. The standard InChI is InChI=1S/C23H22Cl2N4O2/c1-4-14(17-9-27-21-16(17)7-13(24)8-18(21)25)20-15(23(26)30)5-6-19(22(20)31-3)29-10-12(2)28-11-29/h5-11,14,27H,4H2,1-3H3,(H2,26,30). The lowest BCUT2D eigenvalue weighted by molar-refractivity contribution is 0.0998. The first-order chi connectivity index (χ1) is 14.8. The average Bonchev–Trinajstić information content (AvgIpc) is 3.34. The molecule has 0 saturated heterocycles. The van der Waals surface area contributed by atoms with E-state index in [0.29, 0.717) is 27.8 Å². The molecule has 0 aliphatic heterocycles. The van der Waals surface area contributed by atoms with E-state index in [0.717, 1.165) is 33.4 Å². The van der Waals surface area contributed by atoms with Crippen LogP contribution in [0, 0.1) is 6.92 Å². The molecular formula is C23H22Cl2N4O2. The lowest BCUT2D eigenvalue weighted by Gasteiger charge is -2.23. The van der Waals surface area contributed by atoms with Crippen LogP contribution >= 0.6 is 23.2 Å². The first-order valence-corrected chi connectivity index (χ1v) is 10.6. The summed E-state index contributed by atoms with van der Waals surface area (Å²) < 4.78 is 7.73. The summed E-state index contributed by atoms with van der Waals surface area (Å²) in [5, 5.41) is 1.97. The molecule has 1 unspecified atom stereocenters. The molecule has 160 valence electrons. The summed E-state index contributed by atoms with van der Waals surface area (Å²) in [5.41, 5.74) is 10.3. The number of halogens is 2. The first kappa shape index (κ1) is 21.3. The molecule has 4 rings (SSSR count). The molecule has 0 fully saturated rings. The van der Waals surface area contributed by atoms with Gasteiger partial charge in [0.05, 0.1) is 35.4 Å². The molecule has 1 atom stereocenters. The molecule has 3 N–H and O–H groups in total. The van der Waals surface area contributed by atoms with Crippen LogP contribution in [0.5, 0.6) is 5.75 Å². The first-order valence-electron chi connectivity index (χ1n) is 9.83. The van der Waals surface area contributed by atoms with Crippen molar-refractivity contribution >= 4 is 40.0 Å². The van der Waals surface area contributed by atoms with Gasteiger partial charge in [0.15, 0.2) is 0 Å². The van der Waals surface area contributed by atoms with Gasteiger partial charge in [-0.25, -0.2) is 4.98 Å². The Kier molecular flexibility index (Phi) is 5.69. The van der Waals surface area contributed by atoms with Gasteiger partial charge in [0.1, 0.15) is 5.75 Å². The van der Waals surface area contributed by atoms with Gasteiger partial charge in [-0.1, -0.05) is 30.1 Å². The van der Waals surface area contributed by atoms with Crippen LogP contribution in [0.4, 0.5) is 0 Å². The number of hydrogen-bond acceptors (Lipinski definition) is 3. The van der Waals surface area contributed by atoms with Crippen molar-refractivity contribution in [2.24, 2.45) is 5.73 Å².